The van der Waals surface area contributed by atoms with Crippen LogP contribution in [0.5, 0.6) is 0 Å². The second-order valence-electron chi connectivity index (χ2n) is 7.07. The molecule has 0 atom stereocenters. The molecule has 4 rings (SSSR count). The van der Waals surface area contributed by atoms with Gasteiger partial charge < -0.3 is 17.7 Å². The number of hydrogen-bond acceptors (Lipinski definition) is 4. The maximum absolute atomic E-state index is 5.84. The molecule has 0 bridgehead atoms. The van der Waals surface area contributed by atoms with Crippen LogP contribution < -0.4 is 21.5 Å². The van der Waals surface area contributed by atoms with E-state index in [9.17, 15) is 0 Å². The lowest BCUT2D eigenvalue weighted by Gasteiger charge is -2.28. The fourth-order valence-corrected chi connectivity index (χ4v) is 12.2. The summed E-state index contributed by atoms with van der Waals surface area (Å²) in [5.74, 6) is 0. The minimum atomic E-state index is -2.11. The van der Waals surface area contributed by atoms with E-state index in [-0.39, 0.29) is 0 Å². The smallest absolute Gasteiger partial charge is 0.203 e. The molecule has 134 valence electrons. The Labute approximate surface area is 154 Å². The molecular weight excluding hydrogens is 360 g/mol. The number of rotatable bonds is 7. The van der Waals surface area contributed by atoms with Crippen LogP contribution in [-0.4, -0.2) is 16.1 Å². The molecule has 4 heterocycles. The Morgan fingerprint density at radius 1 is 0.538 bits per heavy atom. The summed E-state index contributed by atoms with van der Waals surface area (Å²) >= 11 is 0. The van der Waals surface area contributed by atoms with E-state index in [1.165, 1.54) is 0 Å². The predicted octanol–water partition coefficient (Wildman–Crippen LogP) is 3.14. The highest BCUT2D eigenvalue weighted by atomic mass is 28.3. The molecule has 0 N–H and O–H groups in total. The van der Waals surface area contributed by atoms with Crippen LogP contribution >= 0.6 is 0 Å². The summed E-state index contributed by atoms with van der Waals surface area (Å²) in [7, 11) is -4.23. The minimum absolute atomic E-state index is 0.998. The first-order chi connectivity index (χ1) is 12.6. The molecule has 0 amide bonds. The van der Waals surface area contributed by atoms with Crippen molar-refractivity contribution < 1.29 is 17.7 Å². The summed E-state index contributed by atoms with van der Waals surface area (Å²) < 4.78 is 23.4. The third-order valence-electron chi connectivity index (χ3n) is 5.39. The lowest BCUT2D eigenvalue weighted by molar-refractivity contribution is 0.580. The Kier molecular flexibility index (Phi) is 4.38. The van der Waals surface area contributed by atoms with Gasteiger partial charge in [-0.2, -0.15) is 0 Å². The van der Waals surface area contributed by atoms with E-state index in [1.807, 2.05) is 24.3 Å². The maximum atomic E-state index is 5.84. The lowest BCUT2D eigenvalue weighted by atomic mass is 10.7. The molecule has 0 fully saturated rings. The van der Waals surface area contributed by atoms with Crippen molar-refractivity contribution >= 4 is 37.7 Å². The van der Waals surface area contributed by atoms with Crippen LogP contribution in [0.25, 0.3) is 0 Å². The Balaban J connectivity index is 1.70. The zero-order chi connectivity index (χ0) is 18.0. The summed E-state index contributed by atoms with van der Waals surface area (Å²) in [6.45, 7) is 4.62. The van der Waals surface area contributed by atoms with E-state index >= 15 is 0 Å². The molecule has 4 nitrogen and oxygen atoms in total. The summed E-state index contributed by atoms with van der Waals surface area (Å²) in [6, 6.07) is 18.1. The van der Waals surface area contributed by atoms with Crippen molar-refractivity contribution in [2.75, 3.05) is 0 Å². The Bertz CT molecular complexity index is 760. The van der Waals surface area contributed by atoms with Crippen LogP contribution in [0.1, 0.15) is 0 Å². The quantitative estimate of drug-likeness (QED) is 0.461. The first-order valence-corrected chi connectivity index (χ1v) is 14.2. The topological polar surface area (TPSA) is 52.6 Å². The van der Waals surface area contributed by atoms with Crippen molar-refractivity contribution in [3.8, 4) is 0 Å². The van der Waals surface area contributed by atoms with E-state index in [2.05, 4.69) is 37.4 Å². The van der Waals surface area contributed by atoms with E-state index in [0.717, 1.165) is 33.6 Å². The molecule has 0 aromatic carbocycles. The third-order valence-corrected chi connectivity index (χ3v) is 13.9. The molecule has 4 aromatic rings. The third kappa shape index (κ3) is 2.85. The van der Waals surface area contributed by atoms with Crippen LogP contribution in [0.2, 0.25) is 25.2 Å². The van der Waals surface area contributed by atoms with Crippen molar-refractivity contribution in [1.82, 2.24) is 0 Å². The molecule has 0 saturated heterocycles. The van der Waals surface area contributed by atoms with Crippen LogP contribution in [0.15, 0.2) is 91.3 Å². The fraction of sp³-hybridized carbons (Fsp3) is 0.200. The lowest BCUT2D eigenvalue weighted by Crippen LogP contribution is -2.59. The zero-order valence-electron chi connectivity index (χ0n) is 15.0. The van der Waals surface area contributed by atoms with Crippen molar-refractivity contribution in [1.29, 1.82) is 0 Å². The SMILES string of the molecule is C[Si](CC[Si](C)(c1ccco1)c1ccco1)(c1ccco1)c1ccco1. The van der Waals surface area contributed by atoms with Gasteiger partial charge in [0, 0.05) is 0 Å². The van der Waals surface area contributed by atoms with Gasteiger partial charge in [-0.05, 0) is 60.6 Å². The van der Waals surface area contributed by atoms with Gasteiger partial charge in [-0.15, -0.1) is 0 Å². The van der Waals surface area contributed by atoms with Gasteiger partial charge in [0.15, 0.2) is 0 Å². The Morgan fingerprint density at radius 3 is 1.00 bits per heavy atom. The van der Waals surface area contributed by atoms with Gasteiger partial charge in [0.25, 0.3) is 0 Å². The molecule has 4 aromatic heterocycles. The van der Waals surface area contributed by atoms with Crippen molar-refractivity contribution in [2.45, 2.75) is 25.2 Å². The predicted molar refractivity (Wildman–Crippen MR) is 106 cm³/mol. The second-order valence-corrected chi connectivity index (χ2v) is 15.4. The molecule has 0 aliphatic heterocycles. The highest BCUT2D eigenvalue weighted by Crippen LogP contribution is 2.22. The number of furan rings is 4. The first kappa shape index (κ1) is 17.0. The van der Waals surface area contributed by atoms with Gasteiger partial charge >= 0.3 is 0 Å². The molecule has 26 heavy (non-hydrogen) atoms. The molecule has 0 radical (unpaired) electrons. The molecule has 0 unspecified atom stereocenters. The molecule has 0 saturated carbocycles. The van der Waals surface area contributed by atoms with E-state index in [0.29, 0.717) is 0 Å². The summed E-state index contributed by atoms with van der Waals surface area (Å²) in [6.07, 6.45) is 7.00. The summed E-state index contributed by atoms with van der Waals surface area (Å²) in [5.41, 5.74) is 0. The average Bonchev–Trinajstić information content (AvgIpc) is 3.47. The highest BCUT2D eigenvalue weighted by molar-refractivity contribution is 7.04. The molecular formula is C20H22O4Si2. The van der Waals surface area contributed by atoms with Gasteiger partial charge in [0.2, 0.25) is 16.1 Å². The zero-order valence-corrected chi connectivity index (χ0v) is 17.0. The van der Waals surface area contributed by atoms with E-state index in [1.54, 1.807) is 25.1 Å². The Morgan fingerprint density at radius 2 is 0.808 bits per heavy atom. The first-order valence-electron chi connectivity index (χ1n) is 8.79. The van der Waals surface area contributed by atoms with Gasteiger partial charge in [-0.25, -0.2) is 0 Å². The van der Waals surface area contributed by atoms with Gasteiger partial charge in [0.05, 0.1) is 46.6 Å². The largest absolute Gasteiger partial charge is 0.474 e. The van der Waals surface area contributed by atoms with Crippen LogP contribution in [0.3, 0.4) is 0 Å². The van der Waals surface area contributed by atoms with Gasteiger partial charge in [-0.3, -0.25) is 0 Å². The van der Waals surface area contributed by atoms with Gasteiger partial charge in [-0.1, -0.05) is 13.1 Å². The monoisotopic (exact) mass is 382 g/mol. The normalized spacial score (nSPS) is 12.5. The van der Waals surface area contributed by atoms with Crippen LogP contribution in [0, 0.1) is 0 Å². The molecule has 0 aliphatic rings. The van der Waals surface area contributed by atoms with Crippen LogP contribution in [0.4, 0.5) is 0 Å². The standard InChI is InChI=1S/C20H22O4Si2/c1-25(17-7-3-11-21-17,18-8-4-12-22-18)15-16-26(2,19-9-5-13-23-19)20-10-6-14-24-20/h3-14H,15-16H2,1-2H3. The van der Waals surface area contributed by atoms with E-state index in [4.69, 9.17) is 17.7 Å². The molecule has 0 aliphatic carbocycles. The molecule has 0 spiro atoms. The highest BCUT2D eigenvalue weighted by Gasteiger charge is 2.44. The van der Waals surface area contributed by atoms with Crippen molar-refractivity contribution in [2.24, 2.45) is 0 Å². The second kappa shape index (κ2) is 6.70. The van der Waals surface area contributed by atoms with Crippen LogP contribution in [-0.2, 0) is 0 Å². The Hall–Kier alpha value is -2.45. The minimum Gasteiger partial charge on any atom is -0.474 e. The summed E-state index contributed by atoms with van der Waals surface area (Å²) in [5, 5.41) is 4.18. The van der Waals surface area contributed by atoms with E-state index < -0.39 is 16.1 Å². The number of hydrogen-bond donors (Lipinski definition) is 0. The van der Waals surface area contributed by atoms with Gasteiger partial charge in [0.1, 0.15) is 0 Å². The van der Waals surface area contributed by atoms with Crippen molar-refractivity contribution in [3.63, 3.8) is 0 Å². The van der Waals surface area contributed by atoms with Crippen molar-refractivity contribution in [3.05, 3.63) is 73.6 Å². The average molecular weight is 383 g/mol. The fourth-order valence-electron chi connectivity index (χ4n) is 3.61. The maximum Gasteiger partial charge on any atom is 0.203 e. The molecule has 6 heteroatoms. The summed E-state index contributed by atoms with van der Waals surface area (Å²) in [4.78, 5) is 0.